The van der Waals surface area contributed by atoms with Crippen molar-refractivity contribution < 1.29 is 9.53 Å². The first kappa shape index (κ1) is 24.3. The zero-order chi connectivity index (χ0) is 24.6. The van der Waals surface area contributed by atoms with E-state index in [9.17, 15) is 4.79 Å². The highest BCUT2D eigenvalue weighted by atomic mass is 32.1. The molecule has 1 saturated heterocycles. The second-order valence-corrected chi connectivity index (χ2v) is 10.0. The molecule has 1 amide bonds. The van der Waals surface area contributed by atoms with Crippen LogP contribution in [0.1, 0.15) is 26.4 Å². The van der Waals surface area contributed by atoms with Crippen molar-refractivity contribution in [2.75, 3.05) is 31.5 Å². The van der Waals surface area contributed by atoms with Crippen LogP contribution in [0.15, 0.2) is 96.4 Å². The van der Waals surface area contributed by atoms with Gasteiger partial charge in [0.15, 0.2) is 0 Å². The lowest BCUT2D eigenvalue weighted by Crippen LogP contribution is -2.45. The average molecular weight is 498 g/mol. The zero-order valence-corrected chi connectivity index (χ0v) is 21.1. The van der Waals surface area contributed by atoms with Crippen LogP contribution in [-0.2, 0) is 19.7 Å². The summed E-state index contributed by atoms with van der Waals surface area (Å²) in [5.74, 6) is 0.857. The first-order valence-electron chi connectivity index (χ1n) is 12.4. The van der Waals surface area contributed by atoms with Gasteiger partial charge in [-0.1, -0.05) is 66.7 Å². The molecular weight excluding hydrogens is 466 g/mol. The predicted octanol–water partition coefficient (Wildman–Crippen LogP) is 5.90. The van der Waals surface area contributed by atoms with Crippen LogP contribution >= 0.6 is 11.3 Å². The van der Waals surface area contributed by atoms with Crippen molar-refractivity contribution in [3.05, 3.63) is 118 Å². The van der Waals surface area contributed by atoms with Gasteiger partial charge in [-0.3, -0.25) is 14.6 Å². The van der Waals surface area contributed by atoms with Gasteiger partial charge in [-0.05, 0) is 46.3 Å². The van der Waals surface area contributed by atoms with Gasteiger partial charge in [-0.2, -0.15) is 0 Å². The van der Waals surface area contributed by atoms with Crippen LogP contribution < -0.4 is 10.1 Å². The first-order chi connectivity index (χ1) is 17.7. The van der Waals surface area contributed by atoms with E-state index in [1.807, 2.05) is 53.9 Å². The molecule has 4 aromatic rings. The van der Waals surface area contributed by atoms with Crippen molar-refractivity contribution in [1.29, 1.82) is 0 Å². The third-order valence-corrected chi connectivity index (χ3v) is 7.32. The number of carbonyl (C=O) groups is 1. The van der Waals surface area contributed by atoms with Crippen LogP contribution in [0.2, 0.25) is 0 Å². The molecule has 0 aliphatic carbocycles. The molecule has 1 N–H and O–H groups in total. The van der Waals surface area contributed by atoms with Gasteiger partial charge in [0.25, 0.3) is 5.91 Å². The van der Waals surface area contributed by atoms with Crippen molar-refractivity contribution in [3.63, 3.8) is 0 Å². The molecule has 0 unspecified atom stereocenters. The lowest BCUT2D eigenvalue weighted by molar-refractivity contribution is 0.103. The number of thiophene rings is 1. The Morgan fingerprint density at radius 1 is 0.750 bits per heavy atom. The Hall–Kier alpha value is -3.45. The van der Waals surface area contributed by atoms with E-state index in [0.717, 1.165) is 61.1 Å². The number of carbonyl (C=O) groups excluding carboxylic acids is 1. The third-order valence-electron chi connectivity index (χ3n) is 6.45. The highest BCUT2D eigenvalue weighted by Gasteiger charge is 2.19. The highest BCUT2D eigenvalue weighted by molar-refractivity contribution is 7.12. The second kappa shape index (κ2) is 12.0. The maximum Gasteiger partial charge on any atom is 0.265 e. The van der Waals surface area contributed by atoms with E-state index in [0.29, 0.717) is 6.61 Å². The summed E-state index contributed by atoms with van der Waals surface area (Å²) in [7, 11) is 0. The Balaban J connectivity index is 1.09. The van der Waals surface area contributed by atoms with E-state index in [1.165, 1.54) is 22.5 Å². The summed E-state index contributed by atoms with van der Waals surface area (Å²) in [6, 6.07) is 30.6. The number of ether oxygens (including phenoxy) is 1. The minimum Gasteiger partial charge on any atom is -0.489 e. The van der Waals surface area contributed by atoms with Gasteiger partial charge in [-0.15, -0.1) is 11.3 Å². The number of rotatable bonds is 9. The molecule has 0 bridgehead atoms. The van der Waals surface area contributed by atoms with Gasteiger partial charge < -0.3 is 10.1 Å². The fourth-order valence-electron chi connectivity index (χ4n) is 4.41. The van der Waals surface area contributed by atoms with Gasteiger partial charge in [0, 0.05) is 45.0 Å². The van der Waals surface area contributed by atoms with Crippen molar-refractivity contribution in [2.45, 2.75) is 19.7 Å². The van der Waals surface area contributed by atoms with Crippen LogP contribution in [0.5, 0.6) is 5.75 Å². The van der Waals surface area contributed by atoms with E-state index in [-0.39, 0.29) is 5.91 Å². The molecule has 1 aliphatic heterocycles. The van der Waals surface area contributed by atoms with E-state index in [4.69, 9.17) is 4.74 Å². The molecule has 0 atom stereocenters. The average Bonchev–Trinajstić information content (AvgIpc) is 3.47. The number of anilines is 1. The van der Waals surface area contributed by atoms with Gasteiger partial charge in [0.05, 0.1) is 4.88 Å². The molecular formula is C30H31N3O2S. The highest BCUT2D eigenvalue weighted by Crippen LogP contribution is 2.21. The Kier molecular flexibility index (Phi) is 8.08. The molecule has 1 aliphatic rings. The Morgan fingerprint density at radius 2 is 1.44 bits per heavy atom. The summed E-state index contributed by atoms with van der Waals surface area (Å²) in [5, 5.41) is 5.02. The number of benzene rings is 3. The molecule has 0 saturated carbocycles. The largest absolute Gasteiger partial charge is 0.489 e. The number of nitrogens with zero attached hydrogens (tertiary/aromatic N) is 2. The van der Waals surface area contributed by atoms with Crippen LogP contribution in [0, 0.1) is 0 Å². The monoisotopic (exact) mass is 497 g/mol. The number of hydrogen-bond donors (Lipinski definition) is 1. The molecule has 1 fully saturated rings. The number of hydrogen-bond acceptors (Lipinski definition) is 5. The van der Waals surface area contributed by atoms with Crippen molar-refractivity contribution in [2.24, 2.45) is 0 Å². The fraction of sp³-hybridized carbons (Fsp3) is 0.233. The normalized spacial score (nSPS) is 14.4. The number of para-hydroxylation sites is 1. The molecule has 0 radical (unpaired) electrons. The van der Waals surface area contributed by atoms with Crippen LogP contribution in [0.25, 0.3) is 0 Å². The Bertz CT molecular complexity index is 1230. The Morgan fingerprint density at radius 3 is 2.17 bits per heavy atom. The molecule has 0 spiro atoms. The summed E-state index contributed by atoms with van der Waals surface area (Å²) in [5.41, 5.74) is 4.53. The van der Waals surface area contributed by atoms with Gasteiger partial charge in [-0.25, -0.2) is 0 Å². The topological polar surface area (TPSA) is 44.8 Å². The van der Waals surface area contributed by atoms with E-state index in [2.05, 4.69) is 57.6 Å². The quantitative estimate of drug-likeness (QED) is 0.313. The fourth-order valence-corrected chi connectivity index (χ4v) is 5.03. The molecule has 2 heterocycles. The van der Waals surface area contributed by atoms with Crippen molar-refractivity contribution in [3.8, 4) is 5.75 Å². The first-order valence-corrected chi connectivity index (χ1v) is 13.2. The standard InChI is InChI=1S/C30H31N3O2S/c34-30(29-11-6-20-36-29)31-28-10-5-4-9-26(28)22-33-18-16-32(17-19-33)21-24-12-14-27(15-13-24)35-23-25-7-2-1-3-8-25/h1-15,20H,16-19,21-23H2,(H,31,34). The number of nitrogens with one attached hydrogen (secondary N) is 1. The van der Waals surface area contributed by atoms with E-state index >= 15 is 0 Å². The smallest absolute Gasteiger partial charge is 0.265 e. The third kappa shape index (κ3) is 6.61. The van der Waals surface area contributed by atoms with E-state index in [1.54, 1.807) is 0 Å². The summed E-state index contributed by atoms with van der Waals surface area (Å²) in [4.78, 5) is 18.2. The summed E-state index contributed by atoms with van der Waals surface area (Å²) < 4.78 is 5.92. The molecule has 3 aromatic carbocycles. The number of amides is 1. The van der Waals surface area contributed by atoms with Gasteiger partial charge >= 0.3 is 0 Å². The van der Waals surface area contributed by atoms with Gasteiger partial charge in [0.2, 0.25) is 0 Å². The lowest BCUT2D eigenvalue weighted by atomic mass is 10.1. The SMILES string of the molecule is O=C(Nc1ccccc1CN1CCN(Cc2ccc(OCc3ccccc3)cc2)CC1)c1cccs1. The van der Waals surface area contributed by atoms with Crippen LogP contribution in [0.4, 0.5) is 5.69 Å². The molecule has 1 aromatic heterocycles. The summed E-state index contributed by atoms with van der Waals surface area (Å²) in [6.07, 6.45) is 0. The second-order valence-electron chi connectivity index (χ2n) is 9.06. The molecule has 36 heavy (non-hydrogen) atoms. The molecule has 6 heteroatoms. The van der Waals surface area contributed by atoms with E-state index < -0.39 is 0 Å². The predicted molar refractivity (Wildman–Crippen MR) is 146 cm³/mol. The summed E-state index contributed by atoms with van der Waals surface area (Å²) in [6.45, 7) is 6.42. The molecule has 184 valence electrons. The van der Waals surface area contributed by atoms with Crippen LogP contribution in [-0.4, -0.2) is 41.9 Å². The molecule has 5 rings (SSSR count). The molecule has 5 nitrogen and oxygen atoms in total. The Labute approximate surface area is 217 Å². The zero-order valence-electron chi connectivity index (χ0n) is 20.3. The van der Waals surface area contributed by atoms with Crippen molar-refractivity contribution >= 4 is 22.9 Å². The lowest BCUT2D eigenvalue weighted by Gasteiger charge is -2.35. The van der Waals surface area contributed by atoms with Crippen LogP contribution in [0.3, 0.4) is 0 Å². The maximum absolute atomic E-state index is 12.5. The minimum atomic E-state index is -0.0428. The van der Waals surface area contributed by atoms with Crippen molar-refractivity contribution in [1.82, 2.24) is 9.80 Å². The van der Waals surface area contributed by atoms with Gasteiger partial charge in [0.1, 0.15) is 12.4 Å². The maximum atomic E-state index is 12.5. The minimum absolute atomic E-state index is 0.0428. The summed E-state index contributed by atoms with van der Waals surface area (Å²) >= 11 is 1.46. The number of piperazine rings is 1.